The van der Waals surface area contributed by atoms with E-state index in [0.717, 1.165) is 34.0 Å². The van der Waals surface area contributed by atoms with Crippen molar-refractivity contribution >= 4 is 29.0 Å². The van der Waals surface area contributed by atoms with Crippen molar-refractivity contribution in [3.8, 4) is 17.6 Å². The van der Waals surface area contributed by atoms with Gasteiger partial charge in [0, 0.05) is 5.56 Å². The zero-order valence-corrected chi connectivity index (χ0v) is 20.3. The van der Waals surface area contributed by atoms with Gasteiger partial charge in [0.2, 0.25) is 0 Å². The SMILES string of the molecule is CCOc1cc(/C=C2\SC(=O)N(Cc3ccc(C)cc3)C2=O)ccc1OCc1ccccc1C#N. The molecule has 1 aliphatic heterocycles. The van der Waals surface area contributed by atoms with Crippen LogP contribution < -0.4 is 9.47 Å². The maximum absolute atomic E-state index is 12.9. The average Bonchev–Trinajstić information content (AvgIpc) is 3.12. The molecule has 1 heterocycles. The molecule has 0 unspecified atom stereocenters. The van der Waals surface area contributed by atoms with E-state index in [4.69, 9.17) is 9.47 Å². The summed E-state index contributed by atoms with van der Waals surface area (Å²) in [5, 5.41) is 9.00. The molecule has 3 aromatic rings. The summed E-state index contributed by atoms with van der Waals surface area (Å²) in [5.41, 5.74) is 4.08. The Bertz CT molecular complexity index is 1330. The zero-order valence-electron chi connectivity index (χ0n) is 19.5. The lowest BCUT2D eigenvalue weighted by molar-refractivity contribution is -0.123. The Morgan fingerprint density at radius 2 is 1.77 bits per heavy atom. The van der Waals surface area contributed by atoms with Gasteiger partial charge in [-0.25, -0.2) is 0 Å². The van der Waals surface area contributed by atoms with Crippen LogP contribution in [-0.4, -0.2) is 22.7 Å². The highest BCUT2D eigenvalue weighted by Gasteiger charge is 2.35. The van der Waals surface area contributed by atoms with E-state index in [1.807, 2.05) is 62.4 Å². The van der Waals surface area contributed by atoms with Crippen molar-refractivity contribution in [2.45, 2.75) is 27.0 Å². The van der Waals surface area contributed by atoms with E-state index in [9.17, 15) is 14.9 Å². The van der Waals surface area contributed by atoms with Crippen LogP contribution in [-0.2, 0) is 17.9 Å². The van der Waals surface area contributed by atoms with E-state index < -0.39 is 0 Å². The molecule has 0 radical (unpaired) electrons. The lowest BCUT2D eigenvalue weighted by Gasteiger charge is -2.13. The second-order valence-electron chi connectivity index (χ2n) is 7.95. The first-order valence-corrected chi connectivity index (χ1v) is 12.0. The number of benzene rings is 3. The van der Waals surface area contributed by atoms with Gasteiger partial charge >= 0.3 is 0 Å². The molecule has 0 spiro atoms. The molecule has 35 heavy (non-hydrogen) atoms. The molecule has 3 aromatic carbocycles. The molecular weight excluding hydrogens is 460 g/mol. The van der Waals surface area contributed by atoms with Gasteiger partial charge in [-0.1, -0.05) is 54.1 Å². The van der Waals surface area contributed by atoms with Crippen LogP contribution in [0.25, 0.3) is 6.08 Å². The first kappa shape index (κ1) is 24.1. The normalized spacial score (nSPS) is 14.3. The van der Waals surface area contributed by atoms with Gasteiger partial charge in [-0.2, -0.15) is 5.26 Å². The van der Waals surface area contributed by atoms with Gasteiger partial charge < -0.3 is 9.47 Å². The third-order valence-corrected chi connectivity index (χ3v) is 6.33. The van der Waals surface area contributed by atoms with Gasteiger partial charge in [-0.3, -0.25) is 14.5 Å². The fourth-order valence-corrected chi connectivity index (χ4v) is 4.41. The molecule has 2 amide bonds. The summed E-state index contributed by atoms with van der Waals surface area (Å²) >= 11 is 0.930. The number of rotatable bonds is 8. The van der Waals surface area contributed by atoms with E-state index in [1.165, 1.54) is 4.90 Å². The van der Waals surface area contributed by atoms with Crippen LogP contribution in [0.2, 0.25) is 0 Å². The number of hydrogen-bond donors (Lipinski definition) is 0. The molecular formula is C28H24N2O4S. The molecule has 1 saturated heterocycles. The molecule has 0 aromatic heterocycles. The fourth-order valence-electron chi connectivity index (χ4n) is 3.58. The number of nitrogens with zero attached hydrogens (tertiary/aromatic N) is 2. The van der Waals surface area contributed by atoms with Crippen molar-refractivity contribution in [1.82, 2.24) is 4.90 Å². The Hall–Kier alpha value is -4.02. The predicted octanol–water partition coefficient (Wildman–Crippen LogP) is 6.08. The van der Waals surface area contributed by atoms with Crippen LogP contribution in [0.4, 0.5) is 4.79 Å². The Balaban J connectivity index is 1.51. The number of carbonyl (C=O) groups is 2. The van der Waals surface area contributed by atoms with Crippen molar-refractivity contribution in [3.05, 3.63) is 99.5 Å². The van der Waals surface area contributed by atoms with Gasteiger partial charge in [0.05, 0.1) is 29.7 Å². The molecule has 176 valence electrons. The minimum Gasteiger partial charge on any atom is -0.490 e. The van der Waals surface area contributed by atoms with Crippen LogP contribution >= 0.6 is 11.8 Å². The smallest absolute Gasteiger partial charge is 0.293 e. The van der Waals surface area contributed by atoms with Crippen LogP contribution in [0.1, 0.15) is 34.7 Å². The number of ether oxygens (including phenoxy) is 2. The lowest BCUT2D eigenvalue weighted by Crippen LogP contribution is -2.27. The van der Waals surface area contributed by atoms with Crippen LogP contribution in [0.5, 0.6) is 11.5 Å². The maximum atomic E-state index is 12.9. The average molecular weight is 485 g/mol. The molecule has 0 aliphatic carbocycles. The summed E-state index contributed by atoms with van der Waals surface area (Å²) in [5.74, 6) is 0.741. The summed E-state index contributed by atoms with van der Waals surface area (Å²) in [6.07, 6.45) is 1.69. The van der Waals surface area contributed by atoms with Crippen molar-refractivity contribution in [3.63, 3.8) is 0 Å². The van der Waals surface area contributed by atoms with Crippen molar-refractivity contribution in [2.75, 3.05) is 6.61 Å². The molecule has 0 bridgehead atoms. The highest BCUT2D eigenvalue weighted by Crippen LogP contribution is 2.35. The minimum absolute atomic E-state index is 0.223. The van der Waals surface area contributed by atoms with E-state index >= 15 is 0 Å². The molecule has 7 heteroatoms. The summed E-state index contributed by atoms with van der Waals surface area (Å²) in [7, 11) is 0. The largest absolute Gasteiger partial charge is 0.490 e. The predicted molar refractivity (Wildman–Crippen MR) is 136 cm³/mol. The highest BCUT2D eigenvalue weighted by molar-refractivity contribution is 8.18. The van der Waals surface area contributed by atoms with Crippen LogP contribution in [0, 0.1) is 18.3 Å². The third kappa shape index (κ3) is 5.73. The fraction of sp³-hybridized carbons (Fsp3) is 0.179. The number of imide groups is 1. The third-order valence-electron chi connectivity index (χ3n) is 5.42. The Morgan fingerprint density at radius 3 is 2.51 bits per heavy atom. The second kappa shape index (κ2) is 10.9. The van der Waals surface area contributed by atoms with Gasteiger partial charge in [0.1, 0.15) is 6.61 Å². The Kier molecular flexibility index (Phi) is 7.54. The topological polar surface area (TPSA) is 79.6 Å². The second-order valence-corrected chi connectivity index (χ2v) is 8.94. The number of thioether (sulfide) groups is 1. The minimum atomic E-state index is -0.313. The molecule has 0 N–H and O–H groups in total. The van der Waals surface area contributed by atoms with E-state index in [2.05, 4.69) is 6.07 Å². The standard InChI is InChI=1S/C28H24N2O4S/c1-3-33-25-14-21(12-13-24(25)34-18-23-7-5-4-6-22(23)16-29)15-26-27(31)30(28(32)35-26)17-20-10-8-19(2)9-11-20/h4-15H,3,17-18H2,1-2H3/b26-15-. The Labute approximate surface area is 208 Å². The number of carbonyl (C=O) groups excluding carboxylic acids is 2. The lowest BCUT2D eigenvalue weighted by atomic mass is 10.1. The monoisotopic (exact) mass is 484 g/mol. The van der Waals surface area contributed by atoms with Crippen molar-refractivity contribution < 1.29 is 19.1 Å². The van der Waals surface area contributed by atoms with Gasteiger partial charge in [0.15, 0.2) is 11.5 Å². The zero-order chi connectivity index (χ0) is 24.8. The first-order valence-electron chi connectivity index (χ1n) is 11.2. The van der Waals surface area contributed by atoms with Crippen LogP contribution in [0.15, 0.2) is 71.6 Å². The molecule has 0 atom stereocenters. The van der Waals surface area contributed by atoms with Gasteiger partial charge in [0.25, 0.3) is 11.1 Å². The van der Waals surface area contributed by atoms with Crippen molar-refractivity contribution in [2.24, 2.45) is 0 Å². The van der Waals surface area contributed by atoms with E-state index in [-0.39, 0.29) is 24.3 Å². The van der Waals surface area contributed by atoms with Crippen LogP contribution in [0.3, 0.4) is 0 Å². The van der Waals surface area contributed by atoms with E-state index in [0.29, 0.717) is 28.6 Å². The summed E-state index contributed by atoms with van der Waals surface area (Å²) in [6, 6.07) is 22.5. The number of aryl methyl sites for hydroxylation is 1. The summed E-state index contributed by atoms with van der Waals surface area (Å²) < 4.78 is 11.7. The summed E-state index contributed by atoms with van der Waals surface area (Å²) in [4.78, 5) is 27.1. The number of amides is 2. The van der Waals surface area contributed by atoms with Gasteiger partial charge in [-0.15, -0.1) is 0 Å². The van der Waals surface area contributed by atoms with Crippen molar-refractivity contribution in [1.29, 1.82) is 5.26 Å². The highest BCUT2D eigenvalue weighted by atomic mass is 32.2. The number of hydrogen-bond acceptors (Lipinski definition) is 6. The van der Waals surface area contributed by atoms with E-state index in [1.54, 1.807) is 24.3 Å². The summed E-state index contributed by atoms with van der Waals surface area (Å²) in [6.45, 7) is 4.76. The quantitative estimate of drug-likeness (QED) is 0.361. The molecule has 0 saturated carbocycles. The number of nitriles is 1. The first-order chi connectivity index (χ1) is 17.0. The Morgan fingerprint density at radius 1 is 1.00 bits per heavy atom. The maximum Gasteiger partial charge on any atom is 0.293 e. The molecule has 1 aliphatic rings. The molecule has 1 fully saturated rings. The van der Waals surface area contributed by atoms with Gasteiger partial charge in [-0.05, 0) is 61.0 Å². The molecule has 4 rings (SSSR count). The molecule has 6 nitrogen and oxygen atoms in total.